The van der Waals surface area contributed by atoms with E-state index >= 15 is 0 Å². The van der Waals surface area contributed by atoms with Crippen molar-refractivity contribution >= 4 is 11.6 Å². The van der Waals surface area contributed by atoms with Gasteiger partial charge in [-0.15, -0.1) is 0 Å². The van der Waals surface area contributed by atoms with Crippen LogP contribution in [0.4, 0.5) is 4.39 Å². The molecule has 0 aliphatic heterocycles. The van der Waals surface area contributed by atoms with Gasteiger partial charge in [-0.1, -0.05) is 11.6 Å². The average Bonchev–Trinajstić information content (AvgIpc) is 2.33. The summed E-state index contributed by atoms with van der Waals surface area (Å²) in [4.78, 5) is 14.2. The molecule has 0 aliphatic carbocycles. The Hall–Kier alpha value is -2.12. The van der Waals surface area contributed by atoms with Gasteiger partial charge in [0.05, 0.1) is 0 Å². The monoisotopic (exact) mass is 276 g/mol. The fraction of sp³-hybridized carbons (Fsp3) is 0.143. The molecule has 0 fully saturated rings. The minimum atomic E-state index is -0.534. The third-order valence-corrected chi connectivity index (χ3v) is 3.23. The Balaban J connectivity index is 2.83. The number of aromatic nitrogens is 1. The molecule has 2 aromatic rings. The molecule has 96 valence electrons. The van der Waals surface area contributed by atoms with Gasteiger partial charge in [0, 0.05) is 21.8 Å². The molecule has 1 heterocycles. The highest BCUT2D eigenvalue weighted by Gasteiger charge is 2.15. The van der Waals surface area contributed by atoms with E-state index in [0.717, 1.165) is 0 Å². The normalized spacial score (nSPS) is 10.3. The highest BCUT2D eigenvalue weighted by Crippen LogP contribution is 2.29. The molecule has 0 saturated carbocycles. The van der Waals surface area contributed by atoms with E-state index in [1.807, 2.05) is 0 Å². The first-order valence-electron chi connectivity index (χ1n) is 5.54. The van der Waals surface area contributed by atoms with E-state index in [1.54, 1.807) is 26.0 Å². The van der Waals surface area contributed by atoms with Crippen LogP contribution >= 0.6 is 11.6 Å². The first-order chi connectivity index (χ1) is 8.93. The van der Waals surface area contributed by atoms with Crippen molar-refractivity contribution in [1.82, 2.24) is 4.98 Å². The molecule has 0 spiro atoms. The zero-order chi connectivity index (χ0) is 14.2. The number of benzene rings is 1. The predicted molar refractivity (Wildman–Crippen MR) is 71.7 cm³/mol. The van der Waals surface area contributed by atoms with Crippen molar-refractivity contribution in [1.29, 1.82) is 5.26 Å². The van der Waals surface area contributed by atoms with Crippen LogP contribution in [0.5, 0.6) is 0 Å². The molecule has 3 nitrogen and oxygen atoms in total. The van der Waals surface area contributed by atoms with Gasteiger partial charge in [0.1, 0.15) is 17.4 Å². The van der Waals surface area contributed by atoms with E-state index in [2.05, 4.69) is 4.98 Å². The molecule has 0 saturated heterocycles. The van der Waals surface area contributed by atoms with E-state index in [4.69, 9.17) is 16.9 Å². The molecule has 0 amide bonds. The Bertz CT molecular complexity index is 759. The molecule has 19 heavy (non-hydrogen) atoms. The van der Waals surface area contributed by atoms with Crippen LogP contribution < -0.4 is 5.56 Å². The van der Waals surface area contributed by atoms with Crippen LogP contribution in [0, 0.1) is 31.0 Å². The number of nitriles is 1. The van der Waals surface area contributed by atoms with Gasteiger partial charge >= 0.3 is 0 Å². The predicted octanol–water partition coefficient (Wildman–Crippen LogP) is 3.32. The molecule has 5 heteroatoms. The van der Waals surface area contributed by atoms with Crippen LogP contribution in [0.15, 0.2) is 23.0 Å². The fourth-order valence-corrected chi connectivity index (χ4v) is 2.03. The Morgan fingerprint density at radius 1 is 1.26 bits per heavy atom. The van der Waals surface area contributed by atoms with Crippen molar-refractivity contribution in [2.24, 2.45) is 0 Å². The van der Waals surface area contributed by atoms with E-state index in [9.17, 15) is 9.18 Å². The van der Waals surface area contributed by atoms with Gasteiger partial charge < -0.3 is 4.98 Å². The zero-order valence-electron chi connectivity index (χ0n) is 10.3. The second-order valence-corrected chi connectivity index (χ2v) is 4.67. The van der Waals surface area contributed by atoms with E-state index in [-0.39, 0.29) is 16.7 Å². The lowest BCUT2D eigenvalue weighted by Crippen LogP contribution is -2.13. The van der Waals surface area contributed by atoms with Gasteiger partial charge in [0.2, 0.25) is 0 Å². The Morgan fingerprint density at radius 2 is 1.95 bits per heavy atom. The maximum Gasteiger partial charge on any atom is 0.266 e. The summed E-state index contributed by atoms with van der Waals surface area (Å²) in [6, 6.07) is 6.08. The smallest absolute Gasteiger partial charge is 0.266 e. The molecule has 2 rings (SSSR count). The standard InChI is InChI=1S/C14H10ClFN2O/c1-7-3-13(16)10(5-12(7)15)9-4-8(2)18-14(19)11(9)6-17/h3-5H,1-2H3,(H,18,19). The molecule has 0 aliphatic rings. The second-order valence-electron chi connectivity index (χ2n) is 4.26. The Morgan fingerprint density at radius 3 is 2.58 bits per heavy atom. The third kappa shape index (κ3) is 2.38. The summed E-state index contributed by atoms with van der Waals surface area (Å²) in [5, 5.41) is 9.43. The van der Waals surface area contributed by atoms with Gasteiger partial charge in [-0.05, 0) is 37.6 Å². The lowest BCUT2D eigenvalue weighted by Gasteiger charge is -2.08. The maximum atomic E-state index is 14.0. The van der Waals surface area contributed by atoms with Gasteiger partial charge in [-0.3, -0.25) is 4.79 Å². The van der Waals surface area contributed by atoms with Gasteiger partial charge in [0.15, 0.2) is 0 Å². The number of hydrogen-bond donors (Lipinski definition) is 1. The molecular formula is C14H10ClFN2O. The lowest BCUT2D eigenvalue weighted by atomic mass is 9.99. The molecule has 0 radical (unpaired) electrons. The van der Waals surface area contributed by atoms with E-state index in [0.29, 0.717) is 16.3 Å². The van der Waals surface area contributed by atoms with Crippen molar-refractivity contribution in [2.75, 3.05) is 0 Å². The second kappa shape index (κ2) is 4.87. The first kappa shape index (κ1) is 13.3. The number of H-pyrrole nitrogens is 1. The highest BCUT2D eigenvalue weighted by molar-refractivity contribution is 6.31. The minimum Gasteiger partial charge on any atom is -0.325 e. The summed E-state index contributed by atoms with van der Waals surface area (Å²) in [5.41, 5.74) is 0.903. The van der Waals surface area contributed by atoms with Crippen molar-refractivity contribution in [3.05, 3.63) is 56.2 Å². The van der Waals surface area contributed by atoms with Crippen LogP contribution in [0.2, 0.25) is 5.02 Å². The van der Waals surface area contributed by atoms with Crippen LogP contribution in [0.25, 0.3) is 11.1 Å². The van der Waals surface area contributed by atoms with Crippen LogP contribution in [0.1, 0.15) is 16.8 Å². The van der Waals surface area contributed by atoms with Crippen LogP contribution in [-0.2, 0) is 0 Å². The summed E-state index contributed by atoms with van der Waals surface area (Å²) >= 11 is 5.98. The molecule has 0 atom stereocenters. The first-order valence-corrected chi connectivity index (χ1v) is 5.92. The third-order valence-electron chi connectivity index (χ3n) is 2.82. The lowest BCUT2D eigenvalue weighted by molar-refractivity contribution is 0.630. The topological polar surface area (TPSA) is 56.6 Å². The number of nitrogens with one attached hydrogen (secondary N) is 1. The van der Waals surface area contributed by atoms with Crippen molar-refractivity contribution in [2.45, 2.75) is 13.8 Å². The fourth-order valence-electron chi connectivity index (χ4n) is 1.86. The maximum absolute atomic E-state index is 14.0. The number of nitrogens with zero attached hydrogens (tertiary/aromatic N) is 1. The molecule has 0 unspecified atom stereocenters. The summed E-state index contributed by atoms with van der Waals surface area (Å²) in [7, 11) is 0. The highest BCUT2D eigenvalue weighted by atomic mass is 35.5. The van der Waals surface area contributed by atoms with Gasteiger partial charge in [-0.25, -0.2) is 4.39 Å². The summed E-state index contributed by atoms with van der Waals surface area (Å²) in [5.74, 6) is -0.511. The minimum absolute atomic E-state index is 0.121. The summed E-state index contributed by atoms with van der Waals surface area (Å²) in [6.45, 7) is 3.35. The van der Waals surface area contributed by atoms with Crippen molar-refractivity contribution in [3.63, 3.8) is 0 Å². The summed E-state index contributed by atoms with van der Waals surface area (Å²) in [6.07, 6.45) is 0. The van der Waals surface area contributed by atoms with Crippen LogP contribution in [0.3, 0.4) is 0 Å². The Labute approximate surface area is 114 Å². The zero-order valence-corrected chi connectivity index (χ0v) is 11.1. The molecular weight excluding hydrogens is 267 g/mol. The number of pyridine rings is 1. The van der Waals surface area contributed by atoms with Crippen LogP contribution in [-0.4, -0.2) is 4.98 Å². The summed E-state index contributed by atoms with van der Waals surface area (Å²) < 4.78 is 14.0. The quantitative estimate of drug-likeness (QED) is 0.868. The van der Waals surface area contributed by atoms with E-state index in [1.165, 1.54) is 12.1 Å². The van der Waals surface area contributed by atoms with Gasteiger partial charge in [0.25, 0.3) is 5.56 Å². The molecule has 1 aromatic carbocycles. The number of hydrogen-bond acceptors (Lipinski definition) is 2. The SMILES string of the molecule is Cc1cc(-c2cc(Cl)c(C)cc2F)c(C#N)c(=O)[nH]1. The van der Waals surface area contributed by atoms with Gasteiger partial charge in [-0.2, -0.15) is 5.26 Å². The molecule has 0 bridgehead atoms. The number of aromatic amines is 1. The molecule has 1 N–H and O–H groups in total. The number of halogens is 2. The average molecular weight is 277 g/mol. The molecule has 1 aromatic heterocycles. The number of aryl methyl sites for hydroxylation is 2. The largest absolute Gasteiger partial charge is 0.325 e. The number of rotatable bonds is 1. The van der Waals surface area contributed by atoms with Crippen molar-refractivity contribution < 1.29 is 4.39 Å². The Kier molecular flexibility index (Phi) is 3.41. The van der Waals surface area contributed by atoms with E-state index < -0.39 is 11.4 Å². The van der Waals surface area contributed by atoms with Crippen molar-refractivity contribution in [3.8, 4) is 17.2 Å².